The van der Waals surface area contributed by atoms with E-state index in [1.54, 1.807) is 0 Å². The van der Waals surface area contributed by atoms with Crippen molar-refractivity contribution in [3.8, 4) is 27.9 Å². The zero-order valence-electron chi connectivity index (χ0n) is 26.5. The number of fused-ring (bicyclic) bond motifs is 6. The van der Waals surface area contributed by atoms with Crippen LogP contribution in [-0.4, -0.2) is 4.57 Å². The molecule has 3 heteroatoms. The van der Waals surface area contributed by atoms with E-state index >= 15 is 0 Å². The fourth-order valence-electron chi connectivity index (χ4n) is 8.26. The van der Waals surface area contributed by atoms with Crippen LogP contribution in [0.15, 0.2) is 170 Å². The first kappa shape index (κ1) is 26.9. The summed E-state index contributed by atoms with van der Waals surface area (Å²) >= 11 is 1.86. The Morgan fingerprint density at radius 1 is 0.388 bits per heavy atom. The van der Waals surface area contributed by atoms with Gasteiger partial charge in [0.2, 0.25) is 0 Å². The van der Waals surface area contributed by atoms with E-state index in [9.17, 15) is 0 Å². The summed E-state index contributed by atoms with van der Waals surface area (Å²) in [6.07, 6.45) is 0. The third-order valence-corrected chi connectivity index (χ3v) is 11.4. The van der Waals surface area contributed by atoms with Crippen molar-refractivity contribution in [3.63, 3.8) is 0 Å². The molecule has 0 radical (unpaired) electrons. The van der Waals surface area contributed by atoms with E-state index in [2.05, 4.69) is 179 Å². The summed E-state index contributed by atoms with van der Waals surface area (Å²) < 4.78 is 5.10. The molecule has 49 heavy (non-hydrogen) atoms. The van der Waals surface area contributed by atoms with Crippen molar-refractivity contribution in [2.45, 2.75) is 0 Å². The first-order valence-corrected chi connectivity index (χ1v) is 17.6. The zero-order chi connectivity index (χ0) is 32.1. The first-order chi connectivity index (χ1) is 24.3. The smallest absolute Gasteiger partial charge is 0.0548 e. The molecule has 0 spiro atoms. The molecule has 0 saturated heterocycles. The van der Waals surface area contributed by atoms with Crippen LogP contribution in [0.3, 0.4) is 0 Å². The predicted molar refractivity (Wildman–Crippen MR) is 210 cm³/mol. The highest BCUT2D eigenvalue weighted by Crippen LogP contribution is 2.50. The van der Waals surface area contributed by atoms with E-state index in [1.165, 1.54) is 75.0 Å². The molecule has 0 amide bonds. The van der Waals surface area contributed by atoms with Crippen LogP contribution in [0.5, 0.6) is 0 Å². The third-order valence-electron chi connectivity index (χ3n) is 10.3. The second-order valence-corrected chi connectivity index (χ2v) is 14.0. The molecule has 228 valence electrons. The summed E-state index contributed by atoms with van der Waals surface area (Å²) in [6.45, 7) is 0. The van der Waals surface area contributed by atoms with Gasteiger partial charge in [-0.1, -0.05) is 103 Å². The van der Waals surface area contributed by atoms with Crippen molar-refractivity contribution in [1.82, 2.24) is 4.57 Å². The summed E-state index contributed by atoms with van der Waals surface area (Å²) in [6, 6.07) is 62.5. The van der Waals surface area contributed by atoms with E-state index in [-0.39, 0.29) is 0 Å². The summed E-state index contributed by atoms with van der Waals surface area (Å²) in [5.41, 5.74) is 12.2. The highest BCUT2D eigenvalue weighted by atomic mass is 32.1. The molecule has 0 bridgehead atoms. The molecule has 0 fully saturated rings. The van der Waals surface area contributed by atoms with Gasteiger partial charge >= 0.3 is 0 Å². The minimum absolute atomic E-state index is 1.12. The van der Waals surface area contributed by atoms with Gasteiger partial charge in [-0.05, 0) is 99.8 Å². The van der Waals surface area contributed by atoms with Gasteiger partial charge in [0.1, 0.15) is 0 Å². The zero-order valence-corrected chi connectivity index (χ0v) is 27.3. The van der Waals surface area contributed by atoms with Gasteiger partial charge in [0.25, 0.3) is 0 Å². The minimum Gasteiger partial charge on any atom is -0.310 e. The van der Waals surface area contributed by atoms with Gasteiger partial charge in [0.15, 0.2) is 0 Å². The fraction of sp³-hybridized carbons (Fsp3) is 0. The molecule has 0 saturated carbocycles. The lowest BCUT2D eigenvalue weighted by Gasteiger charge is -2.26. The van der Waals surface area contributed by atoms with E-state index < -0.39 is 0 Å². The Bertz CT molecular complexity index is 2950. The first-order valence-electron chi connectivity index (χ1n) is 16.8. The molecular formula is C46H28N2S. The van der Waals surface area contributed by atoms with Crippen LogP contribution in [-0.2, 0) is 0 Å². The van der Waals surface area contributed by atoms with Gasteiger partial charge < -0.3 is 9.47 Å². The summed E-state index contributed by atoms with van der Waals surface area (Å²) in [7, 11) is 0. The number of thiophene rings is 1. The molecule has 1 aliphatic rings. The average Bonchev–Trinajstić information content (AvgIpc) is 3.67. The number of rotatable bonds is 4. The number of benzene rings is 8. The summed E-state index contributed by atoms with van der Waals surface area (Å²) in [4.78, 5) is 2.39. The number of hydrogen-bond donors (Lipinski definition) is 0. The van der Waals surface area contributed by atoms with E-state index in [1.807, 2.05) is 11.3 Å². The Balaban J connectivity index is 1.18. The number of aromatic nitrogens is 1. The summed E-state index contributed by atoms with van der Waals surface area (Å²) in [5, 5.41) is 7.86. The topological polar surface area (TPSA) is 8.17 Å². The van der Waals surface area contributed by atoms with Crippen LogP contribution in [0.25, 0.3) is 80.7 Å². The van der Waals surface area contributed by atoms with Crippen LogP contribution in [0.1, 0.15) is 0 Å². The van der Waals surface area contributed by atoms with Gasteiger partial charge in [-0.2, -0.15) is 0 Å². The molecule has 2 heterocycles. The van der Waals surface area contributed by atoms with Gasteiger partial charge in [0.05, 0.1) is 11.0 Å². The van der Waals surface area contributed by atoms with Crippen molar-refractivity contribution in [2.75, 3.05) is 4.90 Å². The number of para-hydroxylation sites is 1. The Labute approximate surface area is 287 Å². The molecule has 0 aliphatic heterocycles. The maximum Gasteiger partial charge on any atom is 0.0548 e. The van der Waals surface area contributed by atoms with Crippen molar-refractivity contribution < 1.29 is 0 Å². The molecule has 8 aromatic carbocycles. The minimum atomic E-state index is 1.12. The van der Waals surface area contributed by atoms with Crippen LogP contribution >= 0.6 is 11.3 Å². The van der Waals surface area contributed by atoms with E-state index in [4.69, 9.17) is 0 Å². The molecule has 2 nitrogen and oxygen atoms in total. The highest BCUT2D eigenvalue weighted by molar-refractivity contribution is 7.25. The number of nitrogens with zero attached hydrogens (tertiary/aromatic N) is 2. The molecule has 0 atom stereocenters. The quantitative estimate of drug-likeness (QED) is 0.186. The van der Waals surface area contributed by atoms with Crippen LogP contribution in [0, 0.1) is 0 Å². The standard InChI is InChI=1S/C46H28N2S/c1-2-12-30(13-3-1)47(33-24-26-43-39(28-33)36-18-6-7-22-42(36)49-43)31-14-9-15-32(27-31)48-40-21-10-20-38-35-17-5-4-16-34(35)37-19-8-11-29-23-25-41(48)46(44(29)37)45(38)40/h1-28H. The Morgan fingerprint density at radius 3 is 1.92 bits per heavy atom. The lowest BCUT2D eigenvalue weighted by Crippen LogP contribution is -2.10. The third kappa shape index (κ3) is 3.82. The Kier molecular flexibility index (Phi) is 5.57. The van der Waals surface area contributed by atoms with Crippen molar-refractivity contribution in [1.29, 1.82) is 0 Å². The predicted octanol–water partition coefficient (Wildman–Crippen LogP) is 13.4. The molecule has 10 aromatic rings. The SMILES string of the molecule is c1ccc(N(c2cccc(-n3c4cccc5c4c4c6c(cccc6ccc43)-c3ccccc3-5)c2)c2ccc3sc4ccccc4c3c2)cc1. The van der Waals surface area contributed by atoms with E-state index in [0.29, 0.717) is 0 Å². The monoisotopic (exact) mass is 640 g/mol. The van der Waals surface area contributed by atoms with Gasteiger partial charge in [0, 0.05) is 53.7 Å². The number of hydrogen-bond acceptors (Lipinski definition) is 2. The normalized spacial score (nSPS) is 12.1. The molecule has 11 rings (SSSR count). The molecule has 1 aliphatic carbocycles. The summed E-state index contributed by atoms with van der Waals surface area (Å²) in [5.74, 6) is 0. The van der Waals surface area contributed by atoms with Crippen LogP contribution in [0.4, 0.5) is 17.1 Å². The van der Waals surface area contributed by atoms with Gasteiger partial charge in [-0.3, -0.25) is 0 Å². The maximum atomic E-state index is 2.47. The second kappa shape index (κ2) is 10.2. The molecule has 2 aromatic heterocycles. The van der Waals surface area contributed by atoms with Crippen molar-refractivity contribution in [3.05, 3.63) is 170 Å². The number of anilines is 3. The molecular weight excluding hydrogens is 613 g/mol. The Hall–Kier alpha value is -6.16. The van der Waals surface area contributed by atoms with Crippen LogP contribution in [0.2, 0.25) is 0 Å². The maximum absolute atomic E-state index is 2.47. The van der Waals surface area contributed by atoms with E-state index in [0.717, 1.165) is 22.7 Å². The van der Waals surface area contributed by atoms with Crippen molar-refractivity contribution >= 4 is 81.1 Å². The molecule has 0 N–H and O–H groups in total. The van der Waals surface area contributed by atoms with Gasteiger partial charge in [-0.15, -0.1) is 11.3 Å². The highest BCUT2D eigenvalue weighted by Gasteiger charge is 2.25. The second-order valence-electron chi connectivity index (χ2n) is 12.9. The largest absolute Gasteiger partial charge is 0.310 e. The Morgan fingerprint density at radius 2 is 1.04 bits per heavy atom. The lowest BCUT2D eigenvalue weighted by atomic mass is 9.93. The van der Waals surface area contributed by atoms with Crippen molar-refractivity contribution in [2.24, 2.45) is 0 Å². The average molecular weight is 641 g/mol. The lowest BCUT2D eigenvalue weighted by molar-refractivity contribution is 1.17. The van der Waals surface area contributed by atoms with Gasteiger partial charge in [-0.25, -0.2) is 0 Å². The van der Waals surface area contributed by atoms with Crippen LogP contribution < -0.4 is 4.90 Å². The molecule has 0 unspecified atom stereocenters. The fourth-order valence-corrected chi connectivity index (χ4v) is 9.34.